The number of benzene rings is 1. The van der Waals surface area contributed by atoms with Crippen molar-refractivity contribution in [1.82, 2.24) is 4.98 Å². The molecule has 0 amide bonds. The van der Waals surface area contributed by atoms with Crippen molar-refractivity contribution in [3.05, 3.63) is 51.8 Å². The van der Waals surface area contributed by atoms with Crippen LogP contribution in [0.15, 0.2) is 40.5 Å². The Kier molecular flexibility index (Phi) is 2.31. The molecule has 0 bridgehead atoms. The van der Waals surface area contributed by atoms with Gasteiger partial charge in [0.2, 0.25) is 5.78 Å². The zero-order valence-corrected chi connectivity index (χ0v) is 9.85. The number of carbonyl (C=O) groups is 1. The van der Waals surface area contributed by atoms with E-state index in [-0.39, 0.29) is 5.78 Å². The minimum atomic E-state index is 0.0127. The summed E-state index contributed by atoms with van der Waals surface area (Å²) in [5.41, 5.74) is 2.97. The summed E-state index contributed by atoms with van der Waals surface area (Å²) in [6.07, 6.45) is 0. The van der Waals surface area contributed by atoms with Gasteiger partial charge in [0.15, 0.2) is 0 Å². The Hall–Kier alpha value is -1.52. The molecule has 0 fully saturated rings. The lowest BCUT2D eigenvalue weighted by molar-refractivity contribution is 0.103. The second-order valence-corrected chi connectivity index (χ2v) is 4.98. The van der Waals surface area contributed by atoms with Crippen LogP contribution in [0.2, 0.25) is 0 Å². The summed E-state index contributed by atoms with van der Waals surface area (Å²) in [7, 11) is 0. The Morgan fingerprint density at radius 1 is 1.19 bits per heavy atom. The molecule has 0 radical (unpaired) electrons. The molecule has 0 N–H and O–H groups in total. The van der Waals surface area contributed by atoms with E-state index in [4.69, 9.17) is 0 Å². The molecule has 2 heterocycles. The maximum atomic E-state index is 12.1. The molecule has 3 rings (SSSR count). The van der Waals surface area contributed by atoms with Crippen molar-refractivity contribution in [1.29, 1.82) is 0 Å². The molecule has 0 aliphatic rings. The second-order valence-electron chi connectivity index (χ2n) is 3.35. The number of fused-ring (bicyclic) bond motifs is 1. The van der Waals surface area contributed by atoms with Crippen LogP contribution in [0.1, 0.15) is 16.1 Å². The zero-order chi connectivity index (χ0) is 11.0. The summed E-state index contributed by atoms with van der Waals surface area (Å²) >= 11 is 3.04. The molecular weight excluding hydrogens is 238 g/mol. The largest absolute Gasteiger partial charge is 0.287 e. The number of aromatic nitrogens is 1. The smallest absolute Gasteiger partial charge is 0.213 e. The highest BCUT2D eigenvalue weighted by Crippen LogP contribution is 2.27. The summed E-state index contributed by atoms with van der Waals surface area (Å²) < 4.78 is 1.14. The molecule has 3 aromatic rings. The van der Waals surface area contributed by atoms with Crippen molar-refractivity contribution in [3.8, 4) is 0 Å². The van der Waals surface area contributed by atoms with Gasteiger partial charge in [-0.1, -0.05) is 18.2 Å². The predicted molar refractivity (Wildman–Crippen MR) is 67.4 cm³/mol. The van der Waals surface area contributed by atoms with Gasteiger partial charge >= 0.3 is 0 Å². The number of rotatable bonds is 2. The molecule has 2 nitrogen and oxygen atoms in total. The van der Waals surface area contributed by atoms with Crippen molar-refractivity contribution in [2.75, 3.05) is 0 Å². The van der Waals surface area contributed by atoms with Gasteiger partial charge in [0.1, 0.15) is 5.69 Å². The van der Waals surface area contributed by atoms with Gasteiger partial charge in [-0.25, -0.2) is 4.98 Å². The molecule has 78 valence electrons. The normalized spacial score (nSPS) is 10.8. The van der Waals surface area contributed by atoms with Gasteiger partial charge in [0, 0.05) is 26.4 Å². The topological polar surface area (TPSA) is 30.0 Å². The number of nitrogens with zero attached hydrogens (tertiary/aromatic N) is 1. The molecule has 1 aromatic carbocycles. The van der Waals surface area contributed by atoms with Crippen LogP contribution in [-0.2, 0) is 0 Å². The molecule has 0 aliphatic heterocycles. The third-order valence-electron chi connectivity index (χ3n) is 2.39. The van der Waals surface area contributed by atoms with Crippen molar-refractivity contribution in [2.24, 2.45) is 0 Å². The number of carbonyl (C=O) groups excluding carboxylic acids is 1. The molecule has 0 saturated heterocycles. The quantitative estimate of drug-likeness (QED) is 0.646. The van der Waals surface area contributed by atoms with E-state index in [1.807, 2.05) is 29.6 Å². The first-order valence-corrected chi connectivity index (χ1v) is 6.57. The molecule has 2 aromatic heterocycles. The fourth-order valence-electron chi connectivity index (χ4n) is 1.62. The van der Waals surface area contributed by atoms with Gasteiger partial charge in [-0.15, -0.1) is 22.7 Å². The predicted octanol–water partition coefficient (Wildman–Crippen LogP) is 3.59. The van der Waals surface area contributed by atoms with E-state index < -0.39 is 0 Å². The Balaban J connectivity index is 2.16. The molecular formula is C12H7NOS2. The fraction of sp³-hybridized carbons (Fsp3) is 0. The van der Waals surface area contributed by atoms with Crippen LogP contribution in [0.4, 0.5) is 0 Å². The maximum absolute atomic E-state index is 12.1. The van der Waals surface area contributed by atoms with Crippen molar-refractivity contribution in [2.45, 2.75) is 0 Å². The summed E-state index contributed by atoms with van der Waals surface area (Å²) in [5.74, 6) is 0.0127. The summed E-state index contributed by atoms with van der Waals surface area (Å²) in [6, 6.07) is 7.94. The van der Waals surface area contributed by atoms with Crippen LogP contribution in [0.3, 0.4) is 0 Å². The van der Waals surface area contributed by atoms with E-state index in [1.54, 1.807) is 22.2 Å². The van der Waals surface area contributed by atoms with Gasteiger partial charge in [0.25, 0.3) is 0 Å². The molecule has 0 aliphatic carbocycles. The van der Waals surface area contributed by atoms with Gasteiger partial charge < -0.3 is 0 Å². The van der Waals surface area contributed by atoms with E-state index in [2.05, 4.69) is 4.98 Å². The van der Waals surface area contributed by atoms with Crippen LogP contribution < -0.4 is 0 Å². The molecule has 4 heteroatoms. The van der Waals surface area contributed by atoms with E-state index in [0.29, 0.717) is 5.69 Å². The second kappa shape index (κ2) is 3.81. The van der Waals surface area contributed by atoms with Gasteiger partial charge in [0.05, 0.1) is 5.51 Å². The average Bonchev–Trinajstić information content (AvgIpc) is 2.98. The standard InChI is InChI=1S/C12H7NOS2/c14-12(10-6-15-7-13-10)9-5-16-11-4-2-1-3-8(9)11/h1-7H. The Bertz CT molecular complexity index is 640. The number of hydrogen-bond donors (Lipinski definition) is 0. The monoisotopic (exact) mass is 245 g/mol. The van der Waals surface area contributed by atoms with Crippen LogP contribution >= 0.6 is 22.7 Å². The molecule has 0 spiro atoms. The highest BCUT2D eigenvalue weighted by atomic mass is 32.1. The molecule has 0 unspecified atom stereocenters. The number of thiophene rings is 1. The van der Waals surface area contributed by atoms with E-state index >= 15 is 0 Å². The van der Waals surface area contributed by atoms with E-state index in [0.717, 1.165) is 15.6 Å². The van der Waals surface area contributed by atoms with Gasteiger partial charge in [-0.2, -0.15) is 0 Å². The summed E-state index contributed by atoms with van der Waals surface area (Å²) in [5, 5.41) is 4.71. The van der Waals surface area contributed by atoms with Crippen LogP contribution in [0.5, 0.6) is 0 Å². The zero-order valence-electron chi connectivity index (χ0n) is 8.21. The van der Waals surface area contributed by atoms with E-state index in [9.17, 15) is 4.79 Å². The average molecular weight is 245 g/mol. The lowest BCUT2D eigenvalue weighted by Crippen LogP contribution is -1.99. The van der Waals surface area contributed by atoms with Crippen LogP contribution in [0, 0.1) is 0 Å². The first-order valence-electron chi connectivity index (χ1n) is 4.75. The number of hydrogen-bond acceptors (Lipinski definition) is 4. The minimum Gasteiger partial charge on any atom is -0.287 e. The van der Waals surface area contributed by atoms with Crippen molar-refractivity contribution < 1.29 is 4.79 Å². The highest BCUT2D eigenvalue weighted by Gasteiger charge is 2.15. The number of ketones is 1. The lowest BCUT2D eigenvalue weighted by atomic mass is 10.1. The van der Waals surface area contributed by atoms with Crippen LogP contribution in [0.25, 0.3) is 10.1 Å². The third-order valence-corrected chi connectivity index (χ3v) is 3.94. The van der Waals surface area contributed by atoms with Crippen molar-refractivity contribution >= 4 is 38.5 Å². The lowest BCUT2D eigenvalue weighted by Gasteiger charge is -1.94. The first kappa shape index (κ1) is 9.69. The van der Waals surface area contributed by atoms with Gasteiger partial charge in [-0.3, -0.25) is 4.79 Å². The van der Waals surface area contributed by atoms with Gasteiger partial charge in [-0.05, 0) is 6.07 Å². The Labute approximate surface area is 100 Å². The first-order chi connectivity index (χ1) is 7.86. The summed E-state index contributed by atoms with van der Waals surface area (Å²) in [4.78, 5) is 16.2. The van der Waals surface area contributed by atoms with Crippen LogP contribution in [-0.4, -0.2) is 10.8 Å². The Morgan fingerprint density at radius 3 is 2.88 bits per heavy atom. The molecule has 0 atom stereocenters. The molecule has 0 saturated carbocycles. The maximum Gasteiger partial charge on any atom is 0.213 e. The summed E-state index contributed by atoms with van der Waals surface area (Å²) in [6.45, 7) is 0. The molecule has 16 heavy (non-hydrogen) atoms. The fourth-order valence-corrected chi connectivity index (χ4v) is 3.09. The van der Waals surface area contributed by atoms with E-state index in [1.165, 1.54) is 11.3 Å². The van der Waals surface area contributed by atoms with Crippen molar-refractivity contribution in [3.63, 3.8) is 0 Å². The minimum absolute atomic E-state index is 0.0127. The number of thiazole rings is 1. The SMILES string of the molecule is O=C(c1cscn1)c1csc2ccccc12. The third kappa shape index (κ3) is 1.47. The Morgan fingerprint density at radius 2 is 2.06 bits per heavy atom. The highest BCUT2D eigenvalue weighted by molar-refractivity contribution is 7.17.